The smallest absolute Gasteiger partial charge is 0.246 e. The summed E-state index contributed by atoms with van der Waals surface area (Å²) < 4.78 is 3.75. The lowest BCUT2D eigenvalue weighted by Crippen LogP contribution is -2.40. The zero-order chi connectivity index (χ0) is 21.6. The number of aromatic nitrogens is 5. The molecule has 2 N–H and O–H groups in total. The molecule has 1 fully saturated rings. The predicted octanol–water partition coefficient (Wildman–Crippen LogP) is 2.49. The Kier molecular flexibility index (Phi) is 6.57. The van der Waals surface area contributed by atoms with Crippen LogP contribution in [0.25, 0.3) is 6.08 Å². The predicted molar refractivity (Wildman–Crippen MR) is 119 cm³/mol. The number of hydrogen-bond donors (Lipinski definition) is 1. The van der Waals surface area contributed by atoms with Crippen LogP contribution in [0.1, 0.15) is 42.6 Å². The number of nitrogens with zero attached hydrogens (tertiary/aromatic N) is 6. The first-order valence-corrected chi connectivity index (χ1v) is 10.8. The third-order valence-corrected chi connectivity index (χ3v) is 5.79. The van der Waals surface area contributed by atoms with E-state index in [0.717, 1.165) is 43.7 Å². The van der Waals surface area contributed by atoms with Gasteiger partial charge in [-0.15, -0.1) is 5.10 Å². The van der Waals surface area contributed by atoms with Crippen LogP contribution in [0.5, 0.6) is 0 Å². The largest absolute Gasteiger partial charge is 0.339 e. The molecule has 8 nitrogen and oxygen atoms in total. The van der Waals surface area contributed by atoms with Crippen molar-refractivity contribution in [2.45, 2.75) is 38.9 Å². The number of rotatable bonds is 7. The van der Waals surface area contributed by atoms with E-state index in [-0.39, 0.29) is 11.9 Å². The molecule has 0 saturated carbocycles. The molecule has 31 heavy (non-hydrogen) atoms. The Hall–Kier alpha value is -3.26. The molecule has 3 aromatic rings. The summed E-state index contributed by atoms with van der Waals surface area (Å²) in [6.07, 6.45) is 11.2. The summed E-state index contributed by atoms with van der Waals surface area (Å²) in [6, 6.07) is 10.4. The molecule has 1 aromatic carbocycles. The second-order valence-corrected chi connectivity index (χ2v) is 8.10. The molecule has 1 aliphatic rings. The van der Waals surface area contributed by atoms with E-state index in [9.17, 15) is 4.79 Å². The van der Waals surface area contributed by atoms with E-state index in [1.54, 1.807) is 12.3 Å². The highest BCUT2D eigenvalue weighted by Gasteiger charge is 2.23. The number of carbonyl (C=O) groups is 1. The molecule has 1 unspecified atom stereocenters. The molecular formula is C23H29N7O. The van der Waals surface area contributed by atoms with Gasteiger partial charge in [0.1, 0.15) is 0 Å². The van der Waals surface area contributed by atoms with Crippen LogP contribution in [0.4, 0.5) is 0 Å². The van der Waals surface area contributed by atoms with Crippen LogP contribution in [0, 0.1) is 5.92 Å². The van der Waals surface area contributed by atoms with Gasteiger partial charge >= 0.3 is 0 Å². The Morgan fingerprint density at radius 3 is 2.90 bits per heavy atom. The van der Waals surface area contributed by atoms with E-state index in [4.69, 9.17) is 5.73 Å². The first kappa shape index (κ1) is 21.0. The molecule has 1 saturated heterocycles. The van der Waals surface area contributed by atoms with Crippen LogP contribution in [-0.2, 0) is 17.9 Å². The highest BCUT2D eigenvalue weighted by Crippen LogP contribution is 2.20. The Labute approximate surface area is 182 Å². The topological polar surface area (TPSA) is 94.9 Å². The standard InChI is InChI=1S/C23H29N7O/c1-18(21-7-3-2-4-8-21)30-16-19(13-25-30)9-10-23(31)28-11-5-6-20(14-28)15-29-17-22(12-24)26-27-29/h2-4,7-10,13,16-18,20H,5-6,11-12,14-15,24H2,1H3/b10-9+/t18?,20-/m1/s1. The maximum Gasteiger partial charge on any atom is 0.246 e. The van der Waals surface area contributed by atoms with Crippen LogP contribution in [-0.4, -0.2) is 48.7 Å². The minimum Gasteiger partial charge on any atom is -0.339 e. The highest BCUT2D eigenvalue weighted by molar-refractivity contribution is 5.91. The van der Waals surface area contributed by atoms with Gasteiger partial charge in [-0.1, -0.05) is 35.5 Å². The maximum absolute atomic E-state index is 12.7. The fourth-order valence-corrected chi connectivity index (χ4v) is 4.01. The molecule has 2 atom stereocenters. The Bertz CT molecular complexity index is 1020. The minimum atomic E-state index is 0.0368. The zero-order valence-corrected chi connectivity index (χ0v) is 17.8. The summed E-state index contributed by atoms with van der Waals surface area (Å²) in [5, 5.41) is 12.6. The summed E-state index contributed by atoms with van der Waals surface area (Å²) in [6.45, 7) is 4.77. The van der Waals surface area contributed by atoms with Gasteiger partial charge in [0.25, 0.3) is 0 Å². The average Bonchev–Trinajstić information content (AvgIpc) is 3.47. The summed E-state index contributed by atoms with van der Waals surface area (Å²) in [4.78, 5) is 14.7. The summed E-state index contributed by atoms with van der Waals surface area (Å²) in [5.74, 6) is 0.405. The molecule has 1 aliphatic heterocycles. The van der Waals surface area contributed by atoms with Gasteiger partial charge in [-0.3, -0.25) is 14.2 Å². The molecule has 0 radical (unpaired) electrons. The van der Waals surface area contributed by atoms with Crippen LogP contribution in [0.3, 0.4) is 0 Å². The number of amides is 1. The summed E-state index contributed by atoms with van der Waals surface area (Å²) in [5.41, 5.74) is 8.51. The molecular weight excluding hydrogens is 390 g/mol. The number of nitrogens with two attached hydrogens (primary N) is 1. The lowest BCUT2D eigenvalue weighted by molar-refractivity contribution is -0.127. The van der Waals surface area contributed by atoms with Gasteiger partial charge in [-0.25, -0.2) is 0 Å². The van der Waals surface area contributed by atoms with Crippen LogP contribution >= 0.6 is 0 Å². The number of carbonyl (C=O) groups excluding carboxylic acids is 1. The third kappa shape index (κ3) is 5.27. The van der Waals surface area contributed by atoms with E-state index in [2.05, 4.69) is 34.5 Å². The van der Waals surface area contributed by atoms with Crippen molar-refractivity contribution in [2.24, 2.45) is 11.7 Å². The van der Waals surface area contributed by atoms with E-state index >= 15 is 0 Å². The molecule has 8 heteroatoms. The number of hydrogen-bond acceptors (Lipinski definition) is 5. The van der Waals surface area contributed by atoms with E-state index < -0.39 is 0 Å². The molecule has 0 aliphatic carbocycles. The Balaban J connectivity index is 1.34. The van der Waals surface area contributed by atoms with E-state index in [1.807, 2.05) is 50.9 Å². The van der Waals surface area contributed by atoms with Gasteiger partial charge in [0.2, 0.25) is 5.91 Å². The monoisotopic (exact) mass is 419 g/mol. The van der Waals surface area contributed by atoms with Crippen LogP contribution < -0.4 is 5.73 Å². The maximum atomic E-state index is 12.7. The van der Waals surface area contributed by atoms with Crippen molar-refractivity contribution in [1.82, 2.24) is 29.7 Å². The molecule has 0 spiro atoms. The van der Waals surface area contributed by atoms with E-state index in [0.29, 0.717) is 12.5 Å². The normalized spacial score (nSPS) is 17.9. The van der Waals surface area contributed by atoms with Gasteiger partial charge in [0, 0.05) is 50.2 Å². The molecule has 0 bridgehead atoms. The van der Waals surface area contributed by atoms with Gasteiger partial charge in [-0.05, 0) is 37.3 Å². The van der Waals surface area contributed by atoms with Crippen molar-refractivity contribution in [1.29, 1.82) is 0 Å². The lowest BCUT2D eigenvalue weighted by Gasteiger charge is -2.32. The number of piperidine rings is 1. The summed E-state index contributed by atoms with van der Waals surface area (Å²) >= 11 is 0. The van der Waals surface area contributed by atoms with Crippen molar-refractivity contribution in [3.8, 4) is 0 Å². The third-order valence-electron chi connectivity index (χ3n) is 5.79. The SMILES string of the molecule is CC(c1ccccc1)n1cc(/C=C/C(=O)N2CCC[C@@H](Cn3cc(CN)nn3)C2)cn1. The fourth-order valence-electron chi connectivity index (χ4n) is 4.01. The lowest BCUT2D eigenvalue weighted by atomic mass is 9.98. The first-order chi connectivity index (χ1) is 15.1. The summed E-state index contributed by atoms with van der Waals surface area (Å²) in [7, 11) is 0. The first-order valence-electron chi connectivity index (χ1n) is 10.8. The molecule has 3 heterocycles. The van der Waals surface area contributed by atoms with Crippen molar-refractivity contribution in [2.75, 3.05) is 13.1 Å². The second kappa shape index (κ2) is 9.70. The minimum absolute atomic E-state index is 0.0368. The van der Waals surface area contributed by atoms with Crippen molar-refractivity contribution in [3.05, 3.63) is 71.8 Å². The number of likely N-dealkylation sites (tertiary alicyclic amines) is 1. The number of benzene rings is 1. The van der Waals surface area contributed by atoms with Crippen LogP contribution in [0.2, 0.25) is 0 Å². The van der Waals surface area contributed by atoms with Crippen molar-refractivity contribution in [3.63, 3.8) is 0 Å². The highest BCUT2D eigenvalue weighted by atomic mass is 16.2. The van der Waals surface area contributed by atoms with Gasteiger partial charge in [-0.2, -0.15) is 5.10 Å². The van der Waals surface area contributed by atoms with Gasteiger partial charge < -0.3 is 10.6 Å². The average molecular weight is 420 g/mol. The Morgan fingerprint density at radius 2 is 2.13 bits per heavy atom. The zero-order valence-electron chi connectivity index (χ0n) is 17.8. The van der Waals surface area contributed by atoms with Crippen molar-refractivity contribution >= 4 is 12.0 Å². The molecule has 1 amide bonds. The van der Waals surface area contributed by atoms with E-state index in [1.165, 1.54) is 5.56 Å². The molecule has 4 rings (SSSR count). The van der Waals surface area contributed by atoms with Crippen molar-refractivity contribution < 1.29 is 4.79 Å². The van der Waals surface area contributed by atoms with Gasteiger partial charge in [0.05, 0.1) is 17.9 Å². The molecule has 162 valence electrons. The fraction of sp³-hybridized carbons (Fsp3) is 0.391. The van der Waals surface area contributed by atoms with Crippen LogP contribution in [0.15, 0.2) is 55.0 Å². The van der Waals surface area contributed by atoms with Gasteiger partial charge in [0.15, 0.2) is 0 Å². The quantitative estimate of drug-likeness (QED) is 0.594. The Morgan fingerprint density at radius 1 is 1.29 bits per heavy atom. The second-order valence-electron chi connectivity index (χ2n) is 8.10. The molecule has 2 aromatic heterocycles.